The zero-order valence-corrected chi connectivity index (χ0v) is 11.8. The van der Waals surface area contributed by atoms with Gasteiger partial charge in [-0.15, -0.1) is 0 Å². The van der Waals surface area contributed by atoms with Gasteiger partial charge in [-0.25, -0.2) is 0 Å². The number of carbonyl (C=O) groups is 1. The Morgan fingerprint density at radius 1 is 1.50 bits per heavy atom. The molecule has 0 saturated heterocycles. The van der Waals surface area contributed by atoms with E-state index in [0.29, 0.717) is 5.56 Å². The fraction of sp³-hybridized carbons (Fsp3) is 0.357. The predicted molar refractivity (Wildman–Crippen MR) is 75.3 cm³/mol. The largest absolute Gasteiger partial charge is 0.350 e. The lowest BCUT2D eigenvalue weighted by Gasteiger charge is -2.13. The molecule has 1 atom stereocenters. The molecule has 6 nitrogen and oxygen atoms in total. The summed E-state index contributed by atoms with van der Waals surface area (Å²) in [5.41, 5.74) is 2.11. The molecule has 0 fully saturated rings. The third kappa shape index (κ3) is 2.96. The van der Waals surface area contributed by atoms with Crippen LogP contribution in [0.1, 0.15) is 29.8 Å². The van der Waals surface area contributed by atoms with Crippen molar-refractivity contribution in [2.24, 2.45) is 0 Å². The third-order valence-electron chi connectivity index (χ3n) is 3.23. The third-order valence-corrected chi connectivity index (χ3v) is 3.23. The Morgan fingerprint density at radius 3 is 2.85 bits per heavy atom. The van der Waals surface area contributed by atoms with Gasteiger partial charge in [-0.1, -0.05) is 0 Å². The van der Waals surface area contributed by atoms with Crippen LogP contribution in [0.3, 0.4) is 0 Å². The molecule has 2 aromatic heterocycles. The van der Waals surface area contributed by atoms with E-state index in [1.807, 2.05) is 19.9 Å². The van der Waals surface area contributed by atoms with Crippen molar-refractivity contribution in [3.8, 4) is 0 Å². The van der Waals surface area contributed by atoms with Crippen LogP contribution in [0.15, 0.2) is 29.3 Å². The zero-order chi connectivity index (χ0) is 14.7. The van der Waals surface area contributed by atoms with Gasteiger partial charge in [-0.3, -0.25) is 14.3 Å². The van der Waals surface area contributed by atoms with Crippen molar-refractivity contribution in [2.75, 3.05) is 0 Å². The minimum atomic E-state index is -0.408. The minimum Gasteiger partial charge on any atom is -0.350 e. The second-order valence-electron chi connectivity index (χ2n) is 4.82. The predicted octanol–water partition coefficient (Wildman–Crippen LogP) is 1.07. The number of amides is 1. The van der Waals surface area contributed by atoms with Crippen molar-refractivity contribution < 1.29 is 4.79 Å². The van der Waals surface area contributed by atoms with Gasteiger partial charge in [0.05, 0.1) is 0 Å². The van der Waals surface area contributed by atoms with Crippen molar-refractivity contribution in [2.45, 2.75) is 33.4 Å². The Bertz CT molecular complexity index is 658. The summed E-state index contributed by atoms with van der Waals surface area (Å²) in [4.78, 5) is 26.6. The molecule has 1 amide bonds. The van der Waals surface area contributed by atoms with Crippen molar-refractivity contribution >= 4 is 5.91 Å². The summed E-state index contributed by atoms with van der Waals surface area (Å²) >= 11 is 0. The zero-order valence-electron chi connectivity index (χ0n) is 11.8. The summed E-state index contributed by atoms with van der Waals surface area (Å²) < 4.78 is 1.57. The van der Waals surface area contributed by atoms with E-state index in [9.17, 15) is 9.59 Å². The number of H-pyrrole nitrogens is 1. The number of hydrogen-bond donors (Lipinski definition) is 2. The first-order chi connectivity index (χ1) is 9.49. The highest BCUT2D eigenvalue weighted by atomic mass is 16.2. The van der Waals surface area contributed by atoms with Crippen LogP contribution < -0.4 is 10.9 Å². The summed E-state index contributed by atoms with van der Waals surface area (Å²) in [5.74, 6) is -0.173. The van der Waals surface area contributed by atoms with Crippen molar-refractivity contribution in [3.63, 3.8) is 0 Å². The van der Waals surface area contributed by atoms with E-state index >= 15 is 0 Å². The number of rotatable bonds is 4. The van der Waals surface area contributed by atoms with Gasteiger partial charge >= 0.3 is 0 Å². The summed E-state index contributed by atoms with van der Waals surface area (Å²) in [6.07, 6.45) is 3.35. The Hall–Kier alpha value is -2.37. The minimum absolute atomic E-state index is 0.158. The lowest BCUT2D eigenvalue weighted by molar-refractivity contribution is -0.124. The number of nitrogens with zero attached hydrogens (tertiary/aromatic N) is 2. The number of pyridine rings is 1. The molecular weight excluding hydrogens is 256 g/mol. The monoisotopic (exact) mass is 274 g/mol. The molecule has 2 N–H and O–H groups in total. The molecular formula is C14H18N4O2. The van der Waals surface area contributed by atoms with E-state index < -0.39 is 6.04 Å². The van der Waals surface area contributed by atoms with Crippen LogP contribution in [-0.2, 0) is 11.3 Å². The van der Waals surface area contributed by atoms with Crippen LogP contribution in [0.4, 0.5) is 0 Å². The fourth-order valence-corrected chi connectivity index (χ4v) is 2.05. The first kappa shape index (κ1) is 14.0. The quantitative estimate of drug-likeness (QED) is 0.875. The van der Waals surface area contributed by atoms with Crippen molar-refractivity contribution in [1.82, 2.24) is 20.1 Å². The molecule has 0 aromatic carbocycles. The van der Waals surface area contributed by atoms with Gasteiger partial charge in [0.1, 0.15) is 6.04 Å². The summed E-state index contributed by atoms with van der Waals surface area (Å²) in [6.45, 7) is 5.66. The van der Waals surface area contributed by atoms with Crippen LogP contribution in [0.2, 0.25) is 0 Å². The highest BCUT2D eigenvalue weighted by molar-refractivity contribution is 5.79. The second kappa shape index (κ2) is 5.73. The van der Waals surface area contributed by atoms with E-state index in [1.54, 1.807) is 30.1 Å². The van der Waals surface area contributed by atoms with Crippen LogP contribution in [-0.4, -0.2) is 20.7 Å². The normalized spacial score (nSPS) is 12.2. The van der Waals surface area contributed by atoms with Gasteiger partial charge in [0, 0.05) is 30.2 Å². The molecule has 0 aliphatic heterocycles. The van der Waals surface area contributed by atoms with Gasteiger partial charge in [0.2, 0.25) is 5.91 Å². The lowest BCUT2D eigenvalue weighted by atomic mass is 10.1. The number of aromatic nitrogens is 3. The molecule has 6 heteroatoms. The van der Waals surface area contributed by atoms with Crippen LogP contribution in [0.25, 0.3) is 0 Å². The first-order valence-electron chi connectivity index (χ1n) is 6.45. The maximum atomic E-state index is 12.0. The lowest BCUT2D eigenvalue weighted by Crippen LogP contribution is -2.33. The number of nitrogens with one attached hydrogen (secondary N) is 2. The van der Waals surface area contributed by atoms with Crippen LogP contribution in [0, 0.1) is 13.8 Å². The van der Waals surface area contributed by atoms with E-state index in [1.165, 1.54) is 0 Å². The molecule has 1 unspecified atom stereocenters. The molecule has 0 aliphatic carbocycles. The molecule has 0 spiro atoms. The van der Waals surface area contributed by atoms with Crippen molar-refractivity contribution in [3.05, 3.63) is 51.7 Å². The highest BCUT2D eigenvalue weighted by Gasteiger charge is 2.15. The smallest absolute Gasteiger partial charge is 0.253 e. The number of aryl methyl sites for hydroxylation is 2. The molecule has 106 valence electrons. The maximum absolute atomic E-state index is 12.0. The summed E-state index contributed by atoms with van der Waals surface area (Å²) in [6, 6.07) is 3.24. The SMILES string of the molecule is Cc1cc(C)c(CNC(=O)C(C)n2cccn2)c(=O)[nH]1. The second-order valence-corrected chi connectivity index (χ2v) is 4.82. The van der Waals surface area contributed by atoms with Gasteiger partial charge in [-0.2, -0.15) is 5.10 Å². The average molecular weight is 274 g/mol. The Kier molecular flexibility index (Phi) is 4.02. The summed E-state index contributed by atoms with van der Waals surface area (Å²) in [7, 11) is 0. The summed E-state index contributed by atoms with van der Waals surface area (Å²) in [5, 5.41) is 6.80. The number of hydrogen-bond acceptors (Lipinski definition) is 3. The first-order valence-corrected chi connectivity index (χ1v) is 6.45. The van der Waals surface area contributed by atoms with Crippen LogP contribution >= 0.6 is 0 Å². The Labute approximate surface area is 116 Å². The van der Waals surface area contributed by atoms with E-state index in [0.717, 1.165) is 11.3 Å². The number of aromatic amines is 1. The maximum Gasteiger partial charge on any atom is 0.253 e. The van der Waals surface area contributed by atoms with E-state index in [4.69, 9.17) is 0 Å². The molecule has 0 aliphatic rings. The van der Waals surface area contributed by atoms with Gasteiger partial charge in [-0.05, 0) is 38.5 Å². The van der Waals surface area contributed by atoms with Gasteiger partial charge < -0.3 is 10.3 Å². The molecule has 2 rings (SSSR count). The topological polar surface area (TPSA) is 79.8 Å². The molecule has 0 radical (unpaired) electrons. The fourth-order valence-electron chi connectivity index (χ4n) is 2.05. The molecule has 2 heterocycles. The molecule has 2 aromatic rings. The molecule has 0 bridgehead atoms. The van der Waals surface area contributed by atoms with Gasteiger partial charge in [0.15, 0.2) is 0 Å². The van der Waals surface area contributed by atoms with E-state index in [2.05, 4.69) is 15.4 Å². The Balaban J connectivity index is 2.06. The van der Waals surface area contributed by atoms with Crippen LogP contribution in [0.5, 0.6) is 0 Å². The standard InChI is InChI=1S/C14H18N4O2/c1-9-7-10(2)17-14(20)12(9)8-15-13(19)11(3)18-6-4-5-16-18/h4-7,11H,8H2,1-3H3,(H,15,19)(H,17,20). The highest BCUT2D eigenvalue weighted by Crippen LogP contribution is 2.06. The number of carbonyl (C=O) groups excluding carboxylic acids is 1. The average Bonchev–Trinajstić information content (AvgIpc) is 2.90. The molecule has 20 heavy (non-hydrogen) atoms. The Morgan fingerprint density at radius 2 is 2.25 bits per heavy atom. The molecule has 0 saturated carbocycles. The van der Waals surface area contributed by atoms with Gasteiger partial charge in [0.25, 0.3) is 5.56 Å². The van der Waals surface area contributed by atoms with Crippen molar-refractivity contribution in [1.29, 1.82) is 0 Å². The van der Waals surface area contributed by atoms with E-state index in [-0.39, 0.29) is 18.0 Å².